The summed E-state index contributed by atoms with van der Waals surface area (Å²) in [6, 6.07) is 23.7. The Bertz CT molecular complexity index is 1180. The number of amides is 2. The molecule has 180 valence electrons. The highest BCUT2D eigenvalue weighted by Gasteiger charge is 2.60. The van der Waals surface area contributed by atoms with Crippen molar-refractivity contribution in [1.29, 1.82) is 0 Å². The fraction of sp³-hybridized carbons (Fsp3) is 0.286. The van der Waals surface area contributed by atoms with E-state index in [1.807, 2.05) is 68.4 Å². The van der Waals surface area contributed by atoms with Crippen LogP contribution >= 0.6 is 0 Å². The third kappa shape index (κ3) is 4.23. The molecule has 0 aromatic heterocycles. The number of rotatable bonds is 8. The topological polar surface area (TPSA) is 68.3 Å². The highest BCUT2D eigenvalue weighted by Crippen LogP contribution is 2.47. The van der Waals surface area contributed by atoms with Crippen molar-refractivity contribution in [2.75, 3.05) is 23.2 Å². The smallest absolute Gasteiger partial charge is 0.266 e. The molecule has 3 aromatic carbocycles. The van der Waals surface area contributed by atoms with Gasteiger partial charge in [-0.3, -0.25) is 14.4 Å². The molecule has 2 fully saturated rings. The van der Waals surface area contributed by atoms with E-state index in [0.29, 0.717) is 24.7 Å². The Hall–Kier alpha value is -3.84. The average molecular weight is 473 g/mol. The predicted molar refractivity (Wildman–Crippen MR) is 132 cm³/mol. The number of para-hydroxylation sites is 1. The highest BCUT2D eigenvalue weighted by atomic mass is 16.7. The number of imide groups is 1. The van der Waals surface area contributed by atoms with Gasteiger partial charge in [-0.05, 0) is 67.4 Å². The first-order valence-corrected chi connectivity index (χ1v) is 12.0. The molecule has 0 N–H and O–H groups in total. The lowest BCUT2D eigenvalue weighted by molar-refractivity contribution is -0.126. The second-order valence-corrected chi connectivity index (χ2v) is 8.51. The van der Waals surface area contributed by atoms with Gasteiger partial charge in [-0.1, -0.05) is 37.3 Å². The molecule has 2 saturated heterocycles. The van der Waals surface area contributed by atoms with Crippen LogP contribution < -0.4 is 19.4 Å². The van der Waals surface area contributed by atoms with E-state index in [9.17, 15) is 9.59 Å². The number of carbonyl (C=O) groups excluding carboxylic acids is 2. The van der Waals surface area contributed by atoms with Gasteiger partial charge >= 0.3 is 0 Å². The third-order valence-electron chi connectivity index (χ3n) is 6.23. The Morgan fingerprint density at radius 2 is 1.43 bits per heavy atom. The van der Waals surface area contributed by atoms with Gasteiger partial charge in [0, 0.05) is 0 Å². The molecule has 2 heterocycles. The molecule has 0 radical (unpaired) electrons. The van der Waals surface area contributed by atoms with Crippen molar-refractivity contribution in [3.8, 4) is 11.5 Å². The van der Waals surface area contributed by atoms with Gasteiger partial charge in [0.25, 0.3) is 5.91 Å². The lowest BCUT2D eigenvalue weighted by Gasteiger charge is -2.29. The maximum atomic E-state index is 13.7. The zero-order chi connectivity index (χ0) is 24.4. The Balaban J connectivity index is 1.48. The maximum absolute atomic E-state index is 13.7. The van der Waals surface area contributed by atoms with Crippen LogP contribution in [0.3, 0.4) is 0 Å². The van der Waals surface area contributed by atoms with Crippen LogP contribution in [0.25, 0.3) is 0 Å². The summed E-state index contributed by atoms with van der Waals surface area (Å²) in [6.45, 7) is 5.14. The summed E-state index contributed by atoms with van der Waals surface area (Å²) in [5.41, 5.74) is 2.17. The zero-order valence-corrected chi connectivity index (χ0v) is 19.8. The molecule has 2 aliphatic rings. The molecule has 35 heavy (non-hydrogen) atoms. The van der Waals surface area contributed by atoms with Gasteiger partial charge in [-0.15, -0.1) is 0 Å². The van der Waals surface area contributed by atoms with Gasteiger partial charge in [-0.2, -0.15) is 0 Å². The van der Waals surface area contributed by atoms with Crippen molar-refractivity contribution >= 4 is 23.2 Å². The number of benzene rings is 3. The maximum Gasteiger partial charge on any atom is 0.266 e. The van der Waals surface area contributed by atoms with Gasteiger partial charge in [-0.25, -0.2) is 9.96 Å². The molecular weight excluding hydrogens is 444 g/mol. The average Bonchev–Trinajstić information content (AvgIpc) is 3.40. The van der Waals surface area contributed by atoms with E-state index in [4.69, 9.17) is 14.3 Å². The number of hydrogen-bond acceptors (Lipinski definition) is 6. The Morgan fingerprint density at radius 1 is 0.771 bits per heavy atom. The molecule has 0 spiro atoms. The van der Waals surface area contributed by atoms with Crippen molar-refractivity contribution in [3.63, 3.8) is 0 Å². The van der Waals surface area contributed by atoms with E-state index in [0.717, 1.165) is 23.4 Å². The molecule has 0 unspecified atom stereocenters. The number of ether oxygens (including phenoxy) is 2. The largest absolute Gasteiger partial charge is 0.494 e. The standard InChI is InChI=1S/C28H28N2O5/c1-3-18-34-23-16-12-20(13-17-23)29-27(31)24-25(19-10-14-22(15-11-19)33-4-2)30(35-26(24)28(29)32)21-8-6-5-7-9-21/h5-17,24-26H,3-4,18H2,1-2H3/t24-,25-,26+/m1/s1. The van der Waals surface area contributed by atoms with Crippen LogP contribution in [0.5, 0.6) is 11.5 Å². The number of carbonyl (C=O) groups is 2. The van der Waals surface area contributed by atoms with E-state index in [1.54, 1.807) is 29.3 Å². The van der Waals surface area contributed by atoms with Crippen molar-refractivity contribution in [2.45, 2.75) is 32.4 Å². The summed E-state index contributed by atoms with van der Waals surface area (Å²) < 4.78 is 11.2. The van der Waals surface area contributed by atoms with Crippen LogP contribution in [0.2, 0.25) is 0 Å². The van der Waals surface area contributed by atoms with Gasteiger partial charge in [0.05, 0.1) is 30.6 Å². The fourth-order valence-corrected chi connectivity index (χ4v) is 4.65. The fourth-order valence-electron chi connectivity index (χ4n) is 4.65. The number of hydroxylamine groups is 1. The van der Waals surface area contributed by atoms with Crippen LogP contribution in [0.15, 0.2) is 78.9 Å². The summed E-state index contributed by atoms with van der Waals surface area (Å²) in [6.07, 6.45) is -0.00793. The summed E-state index contributed by atoms with van der Waals surface area (Å²) in [5.74, 6) is 0.125. The van der Waals surface area contributed by atoms with Gasteiger partial charge < -0.3 is 9.47 Å². The van der Waals surface area contributed by atoms with E-state index >= 15 is 0 Å². The normalized spacial score (nSPS) is 21.4. The van der Waals surface area contributed by atoms with Gasteiger partial charge in [0.15, 0.2) is 6.10 Å². The minimum Gasteiger partial charge on any atom is -0.494 e. The van der Waals surface area contributed by atoms with Crippen molar-refractivity contribution in [1.82, 2.24) is 0 Å². The minimum absolute atomic E-state index is 0.278. The second kappa shape index (κ2) is 9.80. The Labute approximate surface area is 204 Å². The SMILES string of the molecule is CCCOc1ccc(N2C(=O)[C@H]3[C@H](ON(c4ccccc4)[C@@H]3c3ccc(OCC)cc3)C2=O)cc1. The number of fused-ring (bicyclic) bond motifs is 1. The highest BCUT2D eigenvalue weighted by molar-refractivity contribution is 6.23. The molecule has 7 heteroatoms. The van der Waals surface area contributed by atoms with E-state index < -0.39 is 18.1 Å². The van der Waals surface area contributed by atoms with Crippen LogP contribution in [0.1, 0.15) is 31.9 Å². The van der Waals surface area contributed by atoms with Crippen LogP contribution in [0.4, 0.5) is 11.4 Å². The number of anilines is 2. The molecule has 0 bridgehead atoms. The van der Waals surface area contributed by atoms with Crippen molar-refractivity contribution < 1.29 is 23.9 Å². The first-order chi connectivity index (χ1) is 17.1. The lowest BCUT2D eigenvalue weighted by Crippen LogP contribution is -2.37. The Kier molecular flexibility index (Phi) is 6.42. The number of nitrogens with zero attached hydrogens (tertiary/aromatic N) is 2. The molecule has 2 amide bonds. The van der Waals surface area contributed by atoms with Crippen LogP contribution in [-0.2, 0) is 14.4 Å². The van der Waals surface area contributed by atoms with Crippen molar-refractivity contribution in [3.05, 3.63) is 84.4 Å². The summed E-state index contributed by atoms with van der Waals surface area (Å²) in [4.78, 5) is 34.6. The molecule has 0 aliphatic carbocycles. The molecule has 0 saturated carbocycles. The first kappa shape index (κ1) is 22.9. The predicted octanol–water partition coefficient (Wildman–Crippen LogP) is 4.93. The monoisotopic (exact) mass is 472 g/mol. The van der Waals surface area contributed by atoms with E-state index in [2.05, 4.69) is 0 Å². The molecule has 3 atom stereocenters. The molecular formula is C28H28N2O5. The molecule has 3 aromatic rings. The number of hydrogen-bond donors (Lipinski definition) is 0. The lowest BCUT2D eigenvalue weighted by atomic mass is 9.90. The van der Waals surface area contributed by atoms with Crippen LogP contribution in [0, 0.1) is 5.92 Å². The Morgan fingerprint density at radius 3 is 2.09 bits per heavy atom. The second-order valence-electron chi connectivity index (χ2n) is 8.51. The molecule has 5 rings (SSSR count). The first-order valence-electron chi connectivity index (χ1n) is 12.0. The van der Waals surface area contributed by atoms with E-state index in [-0.39, 0.29) is 11.8 Å². The molecule has 2 aliphatic heterocycles. The third-order valence-corrected chi connectivity index (χ3v) is 6.23. The molecule has 7 nitrogen and oxygen atoms in total. The van der Waals surface area contributed by atoms with E-state index in [1.165, 1.54) is 4.90 Å². The zero-order valence-electron chi connectivity index (χ0n) is 19.8. The minimum atomic E-state index is -0.907. The van der Waals surface area contributed by atoms with Gasteiger partial charge in [0.1, 0.15) is 17.4 Å². The van der Waals surface area contributed by atoms with Crippen molar-refractivity contribution in [2.24, 2.45) is 5.92 Å². The van der Waals surface area contributed by atoms with Gasteiger partial charge in [0.2, 0.25) is 5.91 Å². The quantitative estimate of drug-likeness (QED) is 0.433. The summed E-state index contributed by atoms with van der Waals surface area (Å²) >= 11 is 0. The summed E-state index contributed by atoms with van der Waals surface area (Å²) in [7, 11) is 0. The van der Waals surface area contributed by atoms with Crippen LogP contribution in [-0.4, -0.2) is 31.1 Å². The summed E-state index contributed by atoms with van der Waals surface area (Å²) in [5, 5.41) is 1.69.